The van der Waals surface area contributed by atoms with Gasteiger partial charge in [0, 0.05) is 17.5 Å². The Balaban J connectivity index is 1.61. The Morgan fingerprint density at radius 2 is 1.85 bits per heavy atom. The van der Waals surface area contributed by atoms with Gasteiger partial charge in [-0.25, -0.2) is 9.78 Å². The summed E-state index contributed by atoms with van der Waals surface area (Å²) in [5.74, 6) is 0. The van der Waals surface area contributed by atoms with Crippen LogP contribution in [0.2, 0.25) is 0 Å². The monoisotopic (exact) mass is 378 g/mol. The van der Waals surface area contributed by atoms with Crippen molar-refractivity contribution in [3.05, 3.63) is 82.0 Å². The molecule has 0 radical (unpaired) electrons. The zero-order valence-electron chi connectivity index (χ0n) is 14.4. The number of thiazole rings is 1. The lowest BCUT2D eigenvalue weighted by atomic mass is 10.1. The summed E-state index contributed by atoms with van der Waals surface area (Å²) in [5.41, 5.74) is 5.94. The van der Waals surface area contributed by atoms with E-state index in [9.17, 15) is 4.79 Å². The molecule has 0 aliphatic carbocycles. The number of anilines is 1. The fourth-order valence-electron chi connectivity index (χ4n) is 2.56. The van der Waals surface area contributed by atoms with Gasteiger partial charge in [-0.15, -0.1) is 11.3 Å². The fourth-order valence-corrected chi connectivity index (χ4v) is 3.20. The van der Waals surface area contributed by atoms with Crippen LogP contribution >= 0.6 is 11.3 Å². The van der Waals surface area contributed by atoms with Crippen LogP contribution in [0.1, 0.15) is 12.5 Å². The number of nitrogens with zero attached hydrogens (tertiary/aromatic N) is 3. The van der Waals surface area contributed by atoms with E-state index in [2.05, 4.69) is 20.8 Å². The number of H-pyrrole nitrogens is 1. The van der Waals surface area contributed by atoms with Gasteiger partial charge in [0.1, 0.15) is 0 Å². The third-order valence-electron chi connectivity index (χ3n) is 3.92. The standard InChI is InChI=1S/C19H15N5O2S/c1-13(14-8-4-2-5-9-14)21-22-19-20-16(12-27-19)17-18(25)26-23-24(17)15-10-6-3-7-11-15/h2-12H,1H3,(H-,20,22,23,25)/p+1/b21-13+. The van der Waals surface area contributed by atoms with Crippen LogP contribution in [-0.2, 0) is 0 Å². The lowest BCUT2D eigenvalue weighted by Crippen LogP contribution is -2.36. The van der Waals surface area contributed by atoms with Gasteiger partial charge in [-0.3, -0.25) is 9.95 Å². The van der Waals surface area contributed by atoms with E-state index in [0.717, 1.165) is 17.0 Å². The van der Waals surface area contributed by atoms with E-state index < -0.39 is 5.63 Å². The molecule has 2 aromatic carbocycles. The van der Waals surface area contributed by atoms with Crippen LogP contribution in [0.5, 0.6) is 0 Å². The molecule has 134 valence electrons. The number of hydrazone groups is 1. The van der Waals surface area contributed by atoms with E-state index in [4.69, 9.17) is 4.52 Å². The Hall–Kier alpha value is -3.52. The van der Waals surface area contributed by atoms with Gasteiger partial charge >= 0.3 is 11.3 Å². The van der Waals surface area contributed by atoms with Crippen molar-refractivity contribution in [2.75, 3.05) is 5.43 Å². The maximum atomic E-state index is 12.2. The first-order chi connectivity index (χ1) is 13.2. The Bertz CT molecular complexity index is 1130. The number of para-hydroxylation sites is 1. The van der Waals surface area contributed by atoms with E-state index in [1.54, 1.807) is 10.1 Å². The van der Waals surface area contributed by atoms with Crippen molar-refractivity contribution in [1.82, 2.24) is 10.3 Å². The zero-order chi connectivity index (χ0) is 18.6. The van der Waals surface area contributed by atoms with Crippen LogP contribution in [0.15, 0.2) is 80.5 Å². The second-order valence-corrected chi connectivity index (χ2v) is 6.57. The first-order valence-corrected chi connectivity index (χ1v) is 9.11. The highest BCUT2D eigenvalue weighted by Gasteiger charge is 2.27. The molecule has 4 rings (SSSR count). The van der Waals surface area contributed by atoms with E-state index in [1.807, 2.05) is 67.6 Å². The number of rotatable bonds is 5. The topological polar surface area (TPSA) is 87.2 Å². The lowest BCUT2D eigenvalue weighted by molar-refractivity contribution is -0.660. The van der Waals surface area contributed by atoms with Gasteiger partial charge in [-0.2, -0.15) is 5.10 Å². The van der Waals surface area contributed by atoms with Gasteiger partial charge in [0.2, 0.25) is 10.8 Å². The quantitative estimate of drug-likeness (QED) is 0.317. The molecule has 2 N–H and O–H groups in total. The molecule has 2 aromatic heterocycles. The third kappa shape index (κ3) is 3.56. The molecule has 0 atom stereocenters. The highest BCUT2D eigenvalue weighted by Crippen LogP contribution is 2.21. The van der Waals surface area contributed by atoms with Crippen molar-refractivity contribution in [2.24, 2.45) is 5.10 Å². The number of aromatic amines is 1. The molecular weight excluding hydrogens is 362 g/mol. The molecule has 0 amide bonds. The fraction of sp³-hybridized carbons (Fsp3) is 0.0526. The van der Waals surface area contributed by atoms with E-state index in [-0.39, 0.29) is 0 Å². The number of nitrogens with one attached hydrogen (secondary N) is 2. The number of benzene rings is 2. The Kier molecular flexibility index (Phi) is 4.63. The summed E-state index contributed by atoms with van der Waals surface area (Å²) in [6.07, 6.45) is 0. The summed E-state index contributed by atoms with van der Waals surface area (Å²) in [6, 6.07) is 19.3. The molecule has 0 aliphatic heterocycles. The van der Waals surface area contributed by atoms with Crippen LogP contribution < -0.4 is 15.7 Å². The lowest BCUT2D eigenvalue weighted by Gasteiger charge is -2.00. The van der Waals surface area contributed by atoms with Crippen molar-refractivity contribution in [3.8, 4) is 17.1 Å². The van der Waals surface area contributed by atoms with Crippen molar-refractivity contribution in [2.45, 2.75) is 6.92 Å². The smallest absolute Gasteiger partial charge is 0.282 e. The molecule has 0 fully saturated rings. The number of hydrogen-bond acceptors (Lipinski definition) is 6. The van der Waals surface area contributed by atoms with E-state index in [0.29, 0.717) is 16.5 Å². The van der Waals surface area contributed by atoms with Gasteiger partial charge in [-0.1, -0.05) is 48.5 Å². The first-order valence-electron chi connectivity index (χ1n) is 8.23. The van der Waals surface area contributed by atoms with Crippen LogP contribution in [0.4, 0.5) is 5.13 Å². The largest absolute Gasteiger partial charge is 0.437 e. The van der Waals surface area contributed by atoms with Crippen LogP contribution in [0.3, 0.4) is 0 Å². The van der Waals surface area contributed by atoms with Crippen LogP contribution in [0, 0.1) is 0 Å². The maximum Gasteiger partial charge on any atom is 0.437 e. The number of hydrogen-bond donors (Lipinski definition) is 2. The summed E-state index contributed by atoms with van der Waals surface area (Å²) >= 11 is 1.36. The minimum Gasteiger partial charge on any atom is -0.282 e. The van der Waals surface area contributed by atoms with E-state index in [1.165, 1.54) is 11.3 Å². The minimum atomic E-state index is -0.486. The minimum absolute atomic E-state index is 0.328. The molecule has 0 unspecified atom stereocenters. The highest BCUT2D eigenvalue weighted by atomic mass is 32.1. The van der Waals surface area contributed by atoms with Crippen molar-refractivity contribution in [1.29, 1.82) is 0 Å². The SMILES string of the molecule is C/C(=N\Nc1nc(-c2c(=O)o[nH][n+]2-c2ccccc2)cs1)c1ccccc1. The van der Waals surface area contributed by atoms with Gasteiger partial charge in [0.25, 0.3) is 0 Å². The molecule has 2 heterocycles. The molecule has 0 spiro atoms. The maximum absolute atomic E-state index is 12.2. The molecular formula is C19H16N5O2S+. The average molecular weight is 378 g/mol. The summed E-state index contributed by atoms with van der Waals surface area (Å²) in [4.78, 5) is 16.6. The molecule has 8 heteroatoms. The van der Waals surface area contributed by atoms with Crippen molar-refractivity contribution < 1.29 is 9.20 Å². The zero-order valence-corrected chi connectivity index (χ0v) is 15.2. The summed E-state index contributed by atoms with van der Waals surface area (Å²) in [7, 11) is 0. The Morgan fingerprint density at radius 1 is 1.15 bits per heavy atom. The molecule has 0 saturated heterocycles. The highest BCUT2D eigenvalue weighted by molar-refractivity contribution is 7.14. The second-order valence-electron chi connectivity index (χ2n) is 5.71. The Labute approximate surface area is 158 Å². The summed E-state index contributed by atoms with van der Waals surface area (Å²) < 4.78 is 6.54. The molecule has 0 saturated carbocycles. The Morgan fingerprint density at radius 3 is 2.59 bits per heavy atom. The van der Waals surface area contributed by atoms with Gasteiger partial charge in [0.05, 0.1) is 5.71 Å². The summed E-state index contributed by atoms with van der Waals surface area (Å²) in [6.45, 7) is 1.92. The predicted octanol–water partition coefficient (Wildman–Crippen LogP) is 3.20. The molecule has 4 aromatic rings. The van der Waals surface area contributed by atoms with Gasteiger partial charge in [0.15, 0.2) is 5.69 Å². The summed E-state index contributed by atoms with van der Waals surface area (Å²) in [5, 5.41) is 9.35. The third-order valence-corrected chi connectivity index (χ3v) is 4.67. The van der Waals surface area contributed by atoms with Crippen LogP contribution in [-0.4, -0.2) is 16.0 Å². The molecule has 0 aliphatic rings. The predicted molar refractivity (Wildman–Crippen MR) is 104 cm³/mol. The second kappa shape index (κ2) is 7.38. The van der Waals surface area contributed by atoms with Crippen molar-refractivity contribution >= 4 is 22.2 Å². The van der Waals surface area contributed by atoms with Crippen molar-refractivity contribution in [3.63, 3.8) is 0 Å². The van der Waals surface area contributed by atoms with E-state index >= 15 is 0 Å². The average Bonchev–Trinajstić information content (AvgIpc) is 3.33. The number of aromatic nitrogens is 3. The van der Waals surface area contributed by atoms with Crippen LogP contribution in [0.25, 0.3) is 17.1 Å². The van der Waals surface area contributed by atoms with Gasteiger partial charge < -0.3 is 0 Å². The first kappa shape index (κ1) is 16.9. The molecule has 27 heavy (non-hydrogen) atoms. The molecule has 0 bridgehead atoms. The normalized spacial score (nSPS) is 11.5. The van der Waals surface area contributed by atoms with Gasteiger partial charge in [-0.05, 0) is 22.4 Å². The molecule has 7 nitrogen and oxygen atoms in total.